The number of aliphatic carboxylic acids is 1. The quantitative estimate of drug-likeness (QED) is 0.472. The van der Waals surface area contributed by atoms with Crippen LogP contribution in [0, 0.1) is 0 Å². The lowest BCUT2D eigenvalue weighted by molar-refractivity contribution is -0.148. The van der Waals surface area contributed by atoms with Crippen LogP contribution in [0.1, 0.15) is 71.6 Å². The Balaban J connectivity index is 0.000000515. The first-order valence-electron chi connectivity index (χ1n) is 8.68. The zero-order valence-corrected chi connectivity index (χ0v) is 14.5. The molecule has 0 saturated carbocycles. The summed E-state index contributed by atoms with van der Waals surface area (Å²) in [7, 11) is 0. The van der Waals surface area contributed by atoms with E-state index < -0.39 is 12.1 Å². The van der Waals surface area contributed by atoms with Crippen molar-refractivity contribution in [3.05, 3.63) is 0 Å². The molecule has 6 heteroatoms. The molecule has 0 radical (unpaired) electrons. The number of ether oxygens (including phenoxy) is 2. The van der Waals surface area contributed by atoms with Crippen molar-refractivity contribution in [3.8, 4) is 0 Å². The zero-order valence-electron chi connectivity index (χ0n) is 14.5. The molecule has 1 aliphatic heterocycles. The van der Waals surface area contributed by atoms with Crippen molar-refractivity contribution in [1.82, 2.24) is 0 Å². The van der Waals surface area contributed by atoms with E-state index in [1.807, 2.05) is 0 Å². The number of carbonyl (C=O) groups excluding carboxylic acids is 1. The summed E-state index contributed by atoms with van der Waals surface area (Å²) in [6.45, 7) is 4.89. The Kier molecular flexibility index (Phi) is 13.7. The normalized spacial score (nSPS) is 19.8. The van der Waals surface area contributed by atoms with Crippen LogP contribution in [0.25, 0.3) is 0 Å². The topological polar surface area (TPSA) is 93.1 Å². The van der Waals surface area contributed by atoms with Gasteiger partial charge < -0.3 is 19.7 Å². The van der Waals surface area contributed by atoms with Crippen LogP contribution < -0.4 is 0 Å². The second-order valence-corrected chi connectivity index (χ2v) is 5.76. The molecule has 1 fully saturated rings. The van der Waals surface area contributed by atoms with Crippen molar-refractivity contribution >= 4 is 11.9 Å². The summed E-state index contributed by atoms with van der Waals surface area (Å²) in [4.78, 5) is 21.1. The maximum Gasteiger partial charge on any atom is 0.305 e. The molecule has 2 unspecified atom stereocenters. The summed E-state index contributed by atoms with van der Waals surface area (Å²) in [6.07, 6.45) is 6.61. The van der Waals surface area contributed by atoms with Gasteiger partial charge in [0.15, 0.2) is 0 Å². The molecule has 0 aromatic rings. The number of hydrogen-bond donors (Lipinski definition) is 2. The SMILES string of the molecule is CCCCCC(=O)O.CCCCCC(=O)OCC1OCCC1O. The average molecular weight is 332 g/mol. The van der Waals surface area contributed by atoms with Crippen molar-refractivity contribution in [2.24, 2.45) is 0 Å². The molecule has 136 valence electrons. The van der Waals surface area contributed by atoms with Crippen molar-refractivity contribution in [3.63, 3.8) is 0 Å². The van der Waals surface area contributed by atoms with Crippen molar-refractivity contribution < 1.29 is 29.3 Å². The summed E-state index contributed by atoms with van der Waals surface area (Å²) in [5.74, 6) is -0.871. The molecule has 23 heavy (non-hydrogen) atoms. The molecular weight excluding hydrogens is 300 g/mol. The first-order valence-corrected chi connectivity index (χ1v) is 8.68. The van der Waals surface area contributed by atoms with Crippen molar-refractivity contribution in [2.75, 3.05) is 13.2 Å². The van der Waals surface area contributed by atoms with Gasteiger partial charge in [0.1, 0.15) is 12.7 Å². The number of carboxylic acids is 1. The van der Waals surface area contributed by atoms with Crippen LogP contribution in [-0.2, 0) is 19.1 Å². The first kappa shape index (κ1) is 21.9. The summed E-state index contributed by atoms with van der Waals surface area (Å²) >= 11 is 0. The number of carbonyl (C=O) groups is 2. The molecule has 6 nitrogen and oxygen atoms in total. The van der Waals surface area contributed by atoms with E-state index in [4.69, 9.17) is 14.6 Å². The highest BCUT2D eigenvalue weighted by Crippen LogP contribution is 2.13. The monoisotopic (exact) mass is 332 g/mol. The molecule has 0 aromatic heterocycles. The van der Waals surface area contributed by atoms with Crippen LogP contribution in [0.4, 0.5) is 0 Å². The third kappa shape index (κ3) is 13.0. The zero-order chi connectivity index (χ0) is 17.5. The van der Waals surface area contributed by atoms with Gasteiger partial charge in [0, 0.05) is 19.4 Å². The van der Waals surface area contributed by atoms with Gasteiger partial charge in [-0.2, -0.15) is 0 Å². The van der Waals surface area contributed by atoms with E-state index in [0.29, 0.717) is 25.9 Å². The Morgan fingerprint density at radius 2 is 1.70 bits per heavy atom. The number of carboxylic acid groups (broad SMARTS) is 1. The Hall–Kier alpha value is -1.14. The Bertz CT molecular complexity index is 318. The van der Waals surface area contributed by atoms with Crippen LogP contribution >= 0.6 is 0 Å². The molecule has 1 saturated heterocycles. The van der Waals surface area contributed by atoms with E-state index in [1.165, 1.54) is 0 Å². The van der Waals surface area contributed by atoms with Crippen LogP contribution in [0.15, 0.2) is 0 Å². The molecule has 0 aliphatic carbocycles. The van der Waals surface area contributed by atoms with E-state index in [9.17, 15) is 14.7 Å². The molecule has 2 N–H and O–H groups in total. The van der Waals surface area contributed by atoms with Crippen LogP contribution in [-0.4, -0.2) is 47.6 Å². The van der Waals surface area contributed by atoms with Gasteiger partial charge >= 0.3 is 11.9 Å². The molecular formula is C17H32O6. The number of rotatable bonds is 10. The lowest BCUT2D eigenvalue weighted by Crippen LogP contribution is -2.27. The highest BCUT2D eigenvalue weighted by molar-refractivity contribution is 5.69. The largest absolute Gasteiger partial charge is 0.481 e. The third-order valence-electron chi connectivity index (χ3n) is 3.56. The molecule has 0 amide bonds. The number of aliphatic hydroxyl groups is 1. The lowest BCUT2D eigenvalue weighted by Gasteiger charge is -2.13. The average Bonchev–Trinajstić information content (AvgIpc) is 2.91. The number of unbranched alkanes of at least 4 members (excludes halogenated alkanes) is 4. The van der Waals surface area contributed by atoms with Gasteiger partial charge in [-0.05, 0) is 19.3 Å². The number of aliphatic hydroxyl groups excluding tert-OH is 1. The van der Waals surface area contributed by atoms with Crippen LogP contribution in [0.5, 0.6) is 0 Å². The Labute approximate surface area is 139 Å². The lowest BCUT2D eigenvalue weighted by atomic mass is 10.2. The predicted octanol–water partition coefficient (Wildman–Crippen LogP) is 2.91. The smallest absolute Gasteiger partial charge is 0.305 e. The molecule has 1 heterocycles. The minimum absolute atomic E-state index is 0.187. The van der Waals surface area contributed by atoms with Gasteiger partial charge in [-0.15, -0.1) is 0 Å². The fourth-order valence-corrected chi connectivity index (χ4v) is 2.09. The molecule has 2 atom stereocenters. The van der Waals surface area contributed by atoms with E-state index in [-0.39, 0.29) is 18.7 Å². The molecule has 1 aliphatic rings. The van der Waals surface area contributed by atoms with E-state index >= 15 is 0 Å². The Morgan fingerprint density at radius 1 is 1.09 bits per heavy atom. The fourth-order valence-electron chi connectivity index (χ4n) is 2.09. The highest BCUT2D eigenvalue weighted by atomic mass is 16.6. The molecule has 0 spiro atoms. The standard InChI is InChI=1S/C11H20O4.C6H12O2/c1-2-3-4-5-11(13)15-8-10-9(12)6-7-14-10;1-2-3-4-5-6(7)8/h9-10,12H,2-8H2,1H3;2-5H2,1H3,(H,7,8). The second-order valence-electron chi connectivity index (χ2n) is 5.76. The van der Waals surface area contributed by atoms with E-state index in [0.717, 1.165) is 38.5 Å². The van der Waals surface area contributed by atoms with E-state index in [1.54, 1.807) is 0 Å². The van der Waals surface area contributed by atoms with Crippen LogP contribution in [0.2, 0.25) is 0 Å². The first-order chi connectivity index (χ1) is 11.0. The second kappa shape index (κ2) is 14.5. The summed E-state index contributed by atoms with van der Waals surface area (Å²) < 4.78 is 10.2. The van der Waals surface area contributed by atoms with Gasteiger partial charge in [-0.1, -0.05) is 39.5 Å². The maximum atomic E-state index is 11.2. The molecule has 0 aromatic carbocycles. The van der Waals surface area contributed by atoms with Gasteiger partial charge in [-0.25, -0.2) is 0 Å². The number of esters is 1. The molecule has 0 bridgehead atoms. The van der Waals surface area contributed by atoms with Gasteiger partial charge in [0.25, 0.3) is 0 Å². The minimum Gasteiger partial charge on any atom is -0.481 e. The highest BCUT2D eigenvalue weighted by Gasteiger charge is 2.27. The number of hydrogen-bond acceptors (Lipinski definition) is 5. The maximum absolute atomic E-state index is 11.2. The Morgan fingerprint density at radius 3 is 2.17 bits per heavy atom. The fraction of sp³-hybridized carbons (Fsp3) is 0.882. The third-order valence-corrected chi connectivity index (χ3v) is 3.56. The van der Waals surface area contributed by atoms with Gasteiger partial charge in [0.2, 0.25) is 0 Å². The van der Waals surface area contributed by atoms with Crippen LogP contribution in [0.3, 0.4) is 0 Å². The van der Waals surface area contributed by atoms with E-state index in [2.05, 4.69) is 13.8 Å². The predicted molar refractivity (Wildman–Crippen MR) is 87.2 cm³/mol. The van der Waals surface area contributed by atoms with Gasteiger partial charge in [-0.3, -0.25) is 9.59 Å². The summed E-state index contributed by atoms with van der Waals surface area (Å²) in [5.41, 5.74) is 0. The summed E-state index contributed by atoms with van der Waals surface area (Å²) in [6, 6.07) is 0. The van der Waals surface area contributed by atoms with Crippen molar-refractivity contribution in [2.45, 2.75) is 83.8 Å². The van der Waals surface area contributed by atoms with Gasteiger partial charge in [0.05, 0.1) is 6.10 Å². The minimum atomic E-state index is -0.682. The summed E-state index contributed by atoms with van der Waals surface area (Å²) in [5, 5.41) is 17.5. The molecule has 1 rings (SSSR count). The van der Waals surface area contributed by atoms with Crippen molar-refractivity contribution in [1.29, 1.82) is 0 Å².